The Hall–Kier alpha value is -3.72. The van der Waals surface area contributed by atoms with Crippen LogP contribution in [0.25, 0.3) is 0 Å². The molecule has 3 aromatic carbocycles. The molecule has 0 fully saturated rings. The molecule has 0 radical (unpaired) electrons. The standard InChI is InChI=1S/C29H34FN3O4S/c1-4-23-12-10-11-15-27(23)33(38(36,37)25-13-8-7-9-14-25)21-28(34)32(26(5-2)29(35)31-6-3)20-22-16-18-24(30)19-17-22/h7-19,26H,4-6,20-21H2,1-3H3,(H,31,35)/t26-/m0/s1. The molecule has 3 aromatic rings. The van der Waals surface area contributed by atoms with Gasteiger partial charge in [0.25, 0.3) is 10.0 Å². The number of carbonyl (C=O) groups excluding carboxylic acids is 2. The quantitative estimate of drug-likeness (QED) is 0.367. The van der Waals surface area contributed by atoms with Gasteiger partial charge in [-0.2, -0.15) is 0 Å². The SMILES string of the molecule is CCNC(=O)[C@H](CC)N(Cc1ccc(F)cc1)C(=O)CN(c1ccccc1CC)S(=O)(=O)c1ccccc1. The molecule has 0 unspecified atom stereocenters. The van der Waals surface area contributed by atoms with Gasteiger partial charge in [-0.15, -0.1) is 0 Å². The van der Waals surface area contributed by atoms with E-state index >= 15 is 0 Å². The molecule has 0 bridgehead atoms. The van der Waals surface area contributed by atoms with Crippen molar-refractivity contribution >= 4 is 27.5 Å². The summed E-state index contributed by atoms with van der Waals surface area (Å²) >= 11 is 0. The first-order valence-electron chi connectivity index (χ1n) is 12.7. The fraction of sp³-hybridized carbons (Fsp3) is 0.310. The average Bonchev–Trinajstić information content (AvgIpc) is 2.93. The lowest BCUT2D eigenvalue weighted by molar-refractivity contribution is -0.140. The zero-order chi connectivity index (χ0) is 27.7. The molecule has 3 rings (SSSR count). The van der Waals surface area contributed by atoms with Gasteiger partial charge in [-0.3, -0.25) is 13.9 Å². The van der Waals surface area contributed by atoms with Crippen LogP contribution in [0.2, 0.25) is 0 Å². The molecule has 7 nitrogen and oxygen atoms in total. The van der Waals surface area contributed by atoms with Crippen molar-refractivity contribution in [3.05, 3.63) is 95.8 Å². The van der Waals surface area contributed by atoms with Crippen LogP contribution in [0.3, 0.4) is 0 Å². The zero-order valence-electron chi connectivity index (χ0n) is 21.9. The lowest BCUT2D eigenvalue weighted by Crippen LogP contribution is -2.52. The van der Waals surface area contributed by atoms with E-state index in [2.05, 4.69) is 5.32 Å². The number of benzene rings is 3. The summed E-state index contributed by atoms with van der Waals surface area (Å²) in [6, 6.07) is 19.8. The summed E-state index contributed by atoms with van der Waals surface area (Å²) in [6.45, 7) is 5.38. The predicted molar refractivity (Wildman–Crippen MR) is 147 cm³/mol. The van der Waals surface area contributed by atoms with E-state index in [-0.39, 0.29) is 17.3 Å². The Morgan fingerprint density at radius 1 is 0.895 bits per heavy atom. The van der Waals surface area contributed by atoms with Crippen molar-refractivity contribution in [2.24, 2.45) is 0 Å². The second-order valence-corrected chi connectivity index (χ2v) is 10.6. The molecule has 38 heavy (non-hydrogen) atoms. The number of nitrogens with zero attached hydrogens (tertiary/aromatic N) is 2. The van der Waals surface area contributed by atoms with Crippen LogP contribution in [0.5, 0.6) is 0 Å². The first kappa shape index (κ1) is 28.8. The number of anilines is 1. The van der Waals surface area contributed by atoms with Gasteiger partial charge < -0.3 is 10.2 Å². The maximum atomic E-state index is 14.0. The van der Waals surface area contributed by atoms with Gasteiger partial charge in [0.2, 0.25) is 11.8 Å². The summed E-state index contributed by atoms with van der Waals surface area (Å²) < 4.78 is 42.4. The van der Waals surface area contributed by atoms with Crippen molar-refractivity contribution in [2.45, 2.75) is 51.1 Å². The van der Waals surface area contributed by atoms with Crippen LogP contribution in [-0.2, 0) is 32.6 Å². The van der Waals surface area contributed by atoms with E-state index in [1.807, 2.05) is 19.1 Å². The molecule has 0 saturated carbocycles. The third-order valence-corrected chi connectivity index (χ3v) is 8.03. The minimum Gasteiger partial charge on any atom is -0.355 e. The van der Waals surface area contributed by atoms with E-state index in [1.165, 1.54) is 29.2 Å². The van der Waals surface area contributed by atoms with Gasteiger partial charge in [-0.05, 0) is 61.2 Å². The summed E-state index contributed by atoms with van der Waals surface area (Å²) in [5.74, 6) is -1.30. The number of rotatable bonds is 12. The van der Waals surface area contributed by atoms with Gasteiger partial charge in [0.1, 0.15) is 18.4 Å². The van der Waals surface area contributed by atoms with Crippen LogP contribution < -0.4 is 9.62 Å². The molecule has 9 heteroatoms. The Balaban J connectivity index is 2.08. The van der Waals surface area contributed by atoms with E-state index in [1.54, 1.807) is 56.3 Å². The molecule has 2 amide bonds. The van der Waals surface area contributed by atoms with Crippen molar-refractivity contribution in [3.8, 4) is 0 Å². The molecule has 1 atom stereocenters. The molecule has 0 aliphatic carbocycles. The summed E-state index contributed by atoms with van der Waals surface area (Å²) in [6.07, 6.45) is 0.872. The smallest absolute Gasteiger partial charge is 0.264 e. The Morgan fingerprint density at radius 3 is 2.13 bits per heavy atom. The summed E-state index contributed by atoms with van der Waals surface area (Å²) in [5.41, 5.74) is 1.79. The highest BCUT2D eigenvalue weighted by Gasteiger charge is 2.34. The minimum absolute atomic E-state index is 0.0173. The number of amides is 2. The van der Waals surface area contributed by atoms with E-state index in [0.29, 0.717) is 30.6 Å². The van der Waals surface area contributed by atoms with E-state index in [0.717, 1.165) is 9.87 Å². The lowest BCUT2D eigenvalue weighted by Gasteiger charge is -2.33. The topological polar surface area (TPSA) is 86.8 Å². The van der Waals surface area contributed by atoms with Crippen molar-refractivity contribution in [1.82, 2.24) is 10.2 Å². The molecule has 1 N–H and O–H groups in total. The van der Waals surface area contributed by atoms with Crippen LogP contribution >= 0.6 is 0 Å². The van der Waals surface area contributed by atoms with Crippen LogP contribution in [0, 0.1) is 5.82 Å². The third-order valence-electron chi connectivity index (χ3n) is 6.25. The largest absolute Gasteiger partial charge is 0.355 e. The van der Waals surface area contributed by atoms with Gasteiger partial charge in [-0.25, -0.2) is 12.8 Å². The number of aryl methyl sites for hydroxylation is 1. The zero-order valence-corrected chi connectivity index (χ0v) is 22.7. The molecule has 0 saturated heterocycles. The Kier molecular flexibility index (Phi) is 10.0. The van der Waals surface area contributed by atoms with Crippen LogP contribution in [0.15, 0.2) is 83.8 Å². The normalized spacial score (nSPS) is 12.0. The molecule has 0 aromatic heterocycles. The highest BCUT2D eigenvalue weighted by molar-refractivity contribution is 7.92. The maximum Gasteiger partial charge on any atom is 0.264 e. The molecule has 0 aliphatic heterocycles. The first-order chi connectivity index (χ1) is 18.2. The number of hydrogen-bond donors (Lipinski definition) is 1. The van der Waals surface area contributed by atoms with Gasteiger partial charge in [0.15, 0.2) is 0 Å². The third kappa shape index (κ3) is 6.77. The van der Waals surface area contributed by atoms with Gasteiger partial charge in [0.05, 0.1) is 10.6 Å². The summed E-state index contributed by atoms with van der Waals surface area (Å²) in [4.78, 5) is 28.3. The number of sulfonamides is 1. The number of likely N-dealkylation sites (N-methyl/N-ethyl adjacent to an activating group) is 1. The van der Waals surface area contributed by atoms with Crippen LogP contribution in [0.1, 0.15) is 38.3 Å². The fourth-order valence-corrected chi connectivity index (χ4v) is 5.76. The van der Waals surface area contributed by atoms with Crippen molar-refractivity contribution in [3.63, 3.8) is 0 Å². The fourth-order valence-electron chi connectivity index (χ4n) is 4.28. The van der Waals surface area contributed by atoms with Crippen LogP contribution in [-0.4, -0.2) is 44.3 Å². The first-order valence-corrected chi connectivity index (χ1v) is 14.1. The number of hydrogen-bond acceptors (Lipinski definition) is 4. The number of para-hydroxylation sites is 1. The number of halogens is 1. The lowest BCUT2D eigenvalue weighted by atomic mass is 10.1. The van der Waals surface area contributed by atoms with E-state index in [9.17, 15) is 22.4 Å². The van der Waals surface area contributed by atoms with E-state index in [4.69, 9.17) is 0 Å². The molecule has 0 heterocycles. The number of carbonyl (C=O) groups is 2. The summed E-state index contributed by atoms with van der Waals surface area (Å²) in [5, 5.41) is 2.76. The Labute approximate surface area is 224 Å². The number of nitrogens with one attached hydrogen (secondary N) is 1. The Bertz CT molecular complexity index is 1330. The highest BCUT2D eigenvalue weighted by atomic mass is 32.2. The van der Waals surface area contributed by atoms with Crippen molar-refractivity contribution < 1.29 is 22.4 Å². The average molecular weight is 540 g/mol. The van der Waals surface area contributed by atoms with E-state index < -0.39 is 34.3 Å². The van der Waals surface area contributed by atoms with Crippen LogP contribution in [0.4, 0.5) is 10.1 Å². The second-order valence-electron chi connectivity index (χ2n) is 8.77. The van der Waals surface area contributed by atoms with Crippen molar-refractivity contribution in [1.29, 1.82) is 0 Å². The molecule has 0 aliphatic rings. The van der Waals surface area contributed by atoms with Gasteiger partial charge >= 0.3 is 0 Å². The molecule has 202 valence electrons. The summed E-state index contributed by atoms with van der Waals surface area (Å²) in [7, 11) is -4.12. The maximum absolute atomic E-state index is 14.0. The second kappa shape index (κ2) is 13.2. The molecule has 0 spiro atoms. The van der Waals surface area contributed by atoms with Crippen molar-refractivity contribution in [2.75, 3.05) is 17.4 Å². The molecular weight excluding hydrogens is 505 g/mol. The van der Waals surface area contributed by atoms with Gasteiger partial charge in [0, 0.05) is 13.1 Å². The predicted octanol–water partition coefficient (Wildman–Crippen LogP) is 4.53. The molecular formula is C29H34FN3O4S. The monoisotopic (exact) mass is 539 g/mol. The minimum atomic E-state index is -4.12. The Morgan fingerprint density at radius 2 is 1.53 bits per heavy atom. The van der Waals surface area contributed by atoms with Gasteiger partial charge in [-0.1, -0.05) is 62.4 Å². The highest BCUT2D eigenvalue weighted by Crippen LogP contribution is 2.28.